The Hall–Kier alpha value is -1.62. The predicted molar refractivity (Wildman–Crippen MR) is 72.1 cm³/mol. The van der Waals surface area contributed by atoms with Crippen molar-refractivity contribution in [3.8, 4) is 0 Å². The Bertz CT molecular complexity index is 518. The highest BCUT2D eigenvalue weighted by Crippen LogP contribution is 2.32. The SMILES string of the molecule is CCOC(=O)C(CC)(Cc1ccc(F)cc1Cl)C(=O)O. The molecule has 1 aromatic rings. The molecule has 20 heavy (non-hydrogen) atoms. The number of hydrogen-bond acceptors (Lipinski definition) is 3. The summed E-state index contributed by atoms with van der Waals surface area (Å²) in [6.07, 6.45) is -0.0916. The molecule has 0 aromatic heterocycles. The minimum Gasteiger partial charge on any atom is -0.480 e. The van der Waals surface area contributed by atoms with Crippen molar-refractivity contribution in [3.63, 3.8) is 0 Å². The number of ether oxygens (including phenoxy) is 1. The predicted octanol–water partition coefficient (Wildman–Crippen LogP) is 3.07. The minimum atomic E-state index is -1.71. The summed E-state index contributed by atoms with van der Waals surface area (Å²) >= 11 is 5.89. The molecule has 0 bridgehead atoms. The van der Waals surface area contributed by atoms with Crippen molar-refractivity contribution < 1.29 is 23.8 Å². The number of esters is 1. The standard InChI is InChI=1S/C14H16ClFO4/c1-3-14(12(17)18,13(19)20-4-2)8-9-5-6-10(16)7-11(9)15/h5-7H,3-4,8H2,1-2H3,(H,17,18). The number of hydrogen-bond donors (Lipinski definition) is 1. The Balaban J connectivity index is 3.18. The largest absolute Gasteiger partial charge is 0.480 e. The summed E-state index contributed by atoms with van der Waals surface area (Å²) in [5.74, 6) is -2.61. The summed E-state index contributed by atoms with van der Waals surface area (Å²) in [5.41, 5.74) is -1.32. The van der Waals surface area contributed by atoms with Crippen LogP contribution in [0, 0.1) is 11.2 Å². The van der Waals surface area contributed by atoms with E-state index in [1.807, 2.05) is 0 Å². The Labute approximate surface area is 121 Å². The maximum Gasteiger partial charge on any atom is 0.323 e. The van der Waals surface area contributed by atoms with Gasteiger partial charge in [0.05, 0.1) is 6.61 Å². The topological polar surface area (TPSA) is 63.6 Å². The van der Waals surface area contributed by atoms with E-state index in [1.54, 1.807) is 13.8 Å². The summed E-state index contributed by atoms with van der Waals surface area (Å²) in [7, 11) is 0. The van der Waals surface area contributed by atoms with Crippen molar-refractivity contribution in [1.29, 1.82) is 0 Å². The molecule has 1 aromatic carbocycles. The summed E-state index contributed by atoms with van der Waals surface area (Å²) in [4.78, 5) is 23.5. The first-order chi connectivity index (χ1) is 9.37. The fraction of sp³-hybridized carbons (Fsp3) is 0.429. The molecule has 1 atom stereocenters. The molecule has 4 nitrogen and oxygen atoms in total. The molecule has 1 rings (SSSR count). The van der Waals surface area contributed by atoms with E-state index < -0.39 is 23.2 Å². The van der Waals surface area contributed by atoms with Gasteiger partial charge in [-0.2, -0.15) is 0 Å². The van der Waals surface area contributed by atoms with Gasteiger partial charge in [-0.05, 0) is 31.0 Å². The Morgan fingerprint density at radius 1 is 1.40 bits per heavy atom. The summed E-state index contributed by atoms with van der Waals surface area (Å²) in [6, 6.07) is 3.64. The van der Waals surface area contributed by atoms with E-state index >= 15 is 0 Å². The van der Waals surface area contributed by atoms with Crippen LogP contribution in [-0.2, 0) is 20.7 Å². The third-order valence-corrected chi connectivity index (χ3v) is 3.54. The summed E-state index contributed by atoms with van der Waals surface area (Å²) in [6.45, 7) is 3.28. The second-order valence-corrected chi connectivity index (χ2v) is 4.78. The number of halogens is 2. The second-order valence-electron chi connectivity index (χ2n) is 4.37. The van der Waals surface area contributed by atoms with Gasteiger partial charge in [0.1, 0.15) is 5.82 Å². The van der Waals surface area contributed by atoms with Gasteiger partial charge >= 0.3 is 11.9 Å². The number of carboxylic acids is 1. The monoisotopic (exact) mass is 302 g/mol. The maximum atomic E-state index is 13.0. The van der Waals surface area contributed by atoms with Crippen molar-refractivity contribution >= 4 is 23.5 Å². The summed E-state index contributed by atoms with van der Waals surface area (Å²) in [5, 5.41) is 9.50. The molecule has 0 fully saturated rings. The van der Waals surface area contributed by atoms with Gasteiger partial charge in [0.25, 0.3) is 0 Å². The lowest BCUT2D eigenvalue weighted by Gasteiger charge is -2.26. The van der Waals surface area contributed by atoms with Gasteiger partial charge in [0.2, 0.25) is 0 Å². The Morgan fingerprint density at radius 3 is 2.50 bits per heavy atom. The van der Waals surface area contributed by atoms with Crippen LogP contribution in [0.4, 0.5) is 4.39 Å². The van der Waals surface area contributed by atoms with Crippen molar-refractivity contribution in [2.75, 3.05) is 6.61 Å². The quantitative estimate of drug-likeness (QED) is 0.648. The van der Waals surface area contributed by atoms with Crippen LogP contribution in [0.3, 0.4) is 0 Å². The van der Waals surface area contributed by atoms with Gasteiger partial charge < -0.3 is 9.84 Å². The maximum absolute atomic E-state index is 13.0. The fourth-order valence-corrected chi connectivity index (χ4v) is 2.15. The van der Waals surface area contributed by atoms with Gasteiger partial charge in [-0.1, -0.05) is 24.6 Å². The average molecular weight is 303 g/mol. The molecule has 110 valence electrons. The average Bonchev–Trinajstić information content (AvgIpc) is 2.38. The van der Waals surface area contributed by atoms with Crippen LogP contribution in [0.1, 0.15) is 25.8 Å². The number of carboxylic acid groups (broad SMARTS) is 1. The molecule has 1 unspecified atom stereocenters. The van der Waals surface area contributed by atoms with Crippen molar-refractivity contribution in [2.24, 2.45) is 5.41 Å². The minimum absolute atomic E-state index is 0.0505. The van der Waals surface area contributed by atoms with E-state index in [0.29, 0.717) is 5.56 Å². The van der Waals surface area contributed by atoms with Gasteiger partial charge in [0, 0.05) is 11.4 Å². The lowest BCUT2D eigenvalue weighted by molar-refractivity contribution is -0.168. The molecule has 0 saturated heterocycles. The van der Waals surface area contributed by atoms with Crippen molar-refractivity contribution in [1.82, 2.24) is 0 Å². The van der Waals surface area contributed by atoms with Crippen LogP contribution in [0.25, 0.3) is 0 Å². The molecule has 1 N–H and O–H groups in total. The Morgan fingerprint density at radius 2 is 2.05 bits per heavy atom. The van der Waals surface area contributed by atoms with E-state index in [9.17, 15) is 19.1 Å². The highest BCUT2D eigenvalue weighted by molar-refractivity contribution is 6.31. The highest BCUT2D eigenvalue weighted by Gasteiger charge is 2.46. The van der Waals surface area contributed by atoms with Crippen LogP contribution in [0.15, 0.2) is 18.2 Å². The smallest absolute Gasteiger partial charge is 0.323 e. The molecule has 0 heterocycles. The van der Waals surface area contributed by atoms with Crippen molar-refractivity contribution in [3.05, 3.63) is 34.6 Å². The lowest BCUT2D eigenvalue weighted by atomic mass is 9.79. The molecule has 0 aliphatic heterocycles. The number of carbonyl (C=O) groups is 2. The molecular weight excluding hydrogens is 287 g/mol. The van der Waals surface area contributed by atoms with Gasteiger partial charge in [-0.15, -0.1) is 0 Å². The first-order valence-electron chi connectivity index (χ1n) is 6.22. The zero-order chi connectivity index (χ0) is 15.3. The van der Waals surface area contributed by atoms with Gasteiger partial charge in [0.15, 0.2) is 5.41 Å². The van der Waals surface area contributed by atoms with Gasteiger partial charge in [-0.3, -0.25) is 9.59 Å². The van der Waals surface area contributed by atoms with E-state index in [2.05, 4.69) is 0 Å². The van der Waals surface area contributed by atoms with Gasteiger partial charge in [-0.25, -0.2) is 4.39 Å². The molecule has 0 amide bonds. The highest BCUT2D eigenvalue weighted by atomic mass is 35.5. The van der Waals surface area contributed by atoms with E-state index in [1.165, 1.54) is 12.1 Å². The third-order valence-electron chi connectivity index (χ3n) is 3.19. The fourth-order valence-electron chi connectivity index (χ4n) is 1.92. The van der Waals surface area contributed by atoms with Crippen molar-refractivity contribution in [2.45, 2.75) is 26.7 Å². The number of rotatable bonds is 6. The Kier molecular flexibility index (Phi) is 5.51. The lowest BCUT2D eigenvalue weighted by Crippen LogP contribution is -2.42. The van der Waals surface area contributed by atoms with Crippen LogP contribution in [0.2, 0.25) is 5.02 Å². The van der Waals surface area contributed by atoms with Crippen LogP contribution >= 0.6 is 11.6 Å². The molecule has 0 aliphatic carbocycles. The van der Waals surface area contributed by atoms with Crippen LogP contribution in [-0.4, -0.2) is 23.7 Å². The van der Waals surface area contributed by atoms with E-state index in [-0.39, 0.29) is 24.5 Å². The number of aliphatic carboxylic acids is 1. The molecule has 0 radical (unpaired) electrons. The van der Waals surface area contributed by atoms with E-state index in [4.69, 9.17) is 16.3 Å². The molecule has 0 saturated carbocycles. The zero-order valence-electron chi connectivity index (χ0n) is 11.3. The van der Waals surface area contributed by atoms with Crippen LogP contribution in [0.5, 0.6) is 0 Å². The molecular formula is C14H16ClFO4. The molecule has 6 heteroatoms. The zero-order valence-corrected chi connectivity index (χ0v) is 12.0. The van der Waals surface area contributed by atoms with Crippen LogP contribution < -0.4 is 0 Å². The number of carbonyl (C=O) groups excluding carboxylic acids is 1. The normalized spacial score (nSPS) is 13.6. The molecule has 0 spiro atoms. The number of benzene rings is 1. The third kappa shape index (κ3) is 3.28. The van der Waals surface area contributed by atoms with E-state index in [0.717, 1.165) is 6.07 Å². The molecule has 0 aliphatic rings. The second kappa shape index (κ2) is 6.70. The summed E-state index contributed by atoms with van der Waals surface area (Å²) < 4.78 is 17.9. The first kappa shape index (κ1) is 16.4. The first-order valence-corrected chi connectivity index (χ1v) is 6.59.